The van der Waals surface area contributed by atoms with Gasteiger partial charge < -0.3 is 0 Å². The van der Waals surface area contributed by atoms with Gasteiger partial charge >= 0.3 is 0 Å². The van der Waals surface area contributed by atoms with Crippen molar-refractivity contribution in [3.05, 3.63) is 70.5 Å². The molecule has 0 radical (unpaired) electrons. The Morgan fingerprint density at radius 1 is 1.14 bits per heavy atom. The van der Waals surface area contributed by atoms with Crippen molar-refractivity contribution in [2.45, 2.75) is 6.92 Å². The van der Waals surface area contributed by atoms with Gasteiger partial charge in [-0.05, 0) is 30.8 Å². The number of H-pyrrole nitrogens is 1. The van der Waals surface area contributed by atoms with E-state index in [1.807, 2.05) is 55.5 Å². The summed E-state index contributed by atoms with van der Waals surface area (Å²) in [6, 6.07) is 18.0. The van der Waals surface area contributed by atoms with Gasteiger partial charge in [-0.1, -0.05) is 54.1 Å². The zero-order chi connectivity index (χ0) is 14.7. The van der Waals surface area contributed by atoms with Crippen molar-refractivity contribution in [1.82, 2.24) is 14.9 Å². The first-order valence-corrected chi connectivity index (χ1v) is 6.99. The summed E-state index contributed by atoms with van der Waals surface area (Å²) < 4.78 is 2.11. The quantitative estimate of drug-likeness (QED) is 0.590. The highest BCUT2D eigenvalue weighted by Gasteiger charge is 2.07. The first kappa shape index (κ1) is 13.5. The number of aromatic amines is 1. The minimum atomic E-state index is 0.471. The van der Waals surface area contributed by atoms with Gasteiger partial charge in [-0.25, -0.2) is 5.10 Å². The number of nitrogens with one attached hydrogen (secondary N) is 1. The van der Waals surface area contributed by atoms with Gasteiger partial charge in [-0.15, -0.1) is 0 Å². The van der Waals surface area contributed by atoms with E-state index in [0.717, 1.165) is 11.1 Å². The van der Waals surface area contributed by atoms with E-state index in [4.69, 9.17) is 12.2 Å². The van der Waals surface area contributed by atoms with E-state index in [9.17, 15) is 0 Å². The molecule has 3 rings (SSSR count). The van der Waals surface area contributed by atoms with Crippen molar-refractivity contribution in [2.24, 2.45) is 5.10 Å². The summed E-state index contributed by atoms with van der Waals surface area (Å²) in [7, 11) is 0. The summed E-state index contributed by atoms with van der Waals surface area (Å²) in [4.78, 5) is 0. The summed E-state index contributed by atoms with van der Waals surface area (Å²) in [6.07, 6.45) is 1.77. The number of benzene rings is 2. The van der Waals surface area contributed by atoms with Crippen LogP contribution in [0.1, 0.15) is 11.1 Å². The molecule has 1 aromatic heterocycles. The lowest BCUT2D eigenvalue weighted by molar-refractivity contribution is 0.871. The maximum absolute atomic E-state index is 5.25. The molecule has 0 aliphatic rings. The molecular weight excluding hydrogens is 280 g/mol. The highest BCUT2D eigenvalue weighted by molar-refractivity contribution is 7.71. The van der Waals surface area contributed by atoms with Crippen LogP contribution in [0.5, 0.6) is 0 Å². The maximum Gasteiger partial charge on any atom is 0.216 e. The molecule has 0 saturated heterocycles. The highest BCUT2D eigenvalue weighted by Crippen LogP contribution is 2.18. The monoisotopic (exact) mass is 294 g/mol. The fourth-order valence-electron chi connectivity index (χ4n) is 2.03. The van der Waals surface area contributed by atoms with Crippen LogP contribution < -0.4 is 0 Å². The van der Waals surface area contributed by atoms with Crippen LogP contribution in [-0.4, -0.2) is 21.1 Å². The van der Waals surface area contributed by atoms with E-state index in [2.05, 4.69) is 21.4 Å². The minimum absolute atomic E-state index is 0.471. The van der Waals surface area contributed by atoms with Gasteiger partial charge in [0.1, 0.15) is 0 Å². The van der Waals surface area contributed by atoms with Crippen molar-refractivity contribution in [3.63, 3.8) is 0 Å². The van der Waals surface area contributed by atoms with Crippen LogP contribution >= 0.6 is 12.2 Å². The predicted octanol–water partition coefficient (Wildman–Crippen LogP) is 3.80. The maximum atomic E-state index is 5.25. The van der Waals surface area contributed by atoms with E-state index in [1.165, 1.54) is 5.56 Å². The van der Waals surface area contributed by atoms with Gasteiger partial charge in [-0.3, -0.25) is 0 Å². The Balaban J connectivity index is 2.02. The fourth-order valence-corrected chi connectivity index (χ4v) is 2.21. The van der Waals surface area contributed by atoms with Crippen molar-refractivity contribution in [2.75, 3.05) is 0 Å². The van der Waals surface area contributed by atoms with Crippen LogP contribution in [-0.2, 0) is 0 Å². The summed E-state index contributed by atoms with van der Waals surface area (Å²) in [5.41, 5.74) is 3.16. The molecule has 0 bridgehead atoms. The smallest absolute Gasteiger partial charge is 0.216 e. The van der Waals surface area contributed by atoms with E-state index < -0.39 is 0 Å². The average molecular weight is 294 g/mol. The standard InChI is InChI=1S/C16H14N4S/c1-12-6-5-9-14(10-12)15-18-19-16(21)20(15)17-11-13-7-3-2-4-8-13/h2-11H,1H3,(H,19,21)/b17-11-. The van der Waals surface area contributed by atoms with Crippen LogP contribution in [0.2, 0.25) is 0 Å². The lowest BCUT2D eigenvalue weighted by Crippen LogP contribution is -1.95. The van der Waals surface area contributed by atoms with Gasteiger partial charge in [0, 0.05) is 5.56 Å². The highest BCUT2D eigenvalue weighted by atomic mass is 32.1. The first-order valence-electron chi connectivity index (χ1n) is 6.58. The second-order valence-corrected chi connectivity index (χ2v) is 5.08. The molecule has 4 nitrogen and oxygen atoms in total. The van der Waals surface area contributed by atoms with Gasteiger partial charge in [0.25, 0.3) is 0 Å². The summed E-state index contributed by atoms with van der Waals surface area (Å²) in [5.74, 6) is 0.705. The van der Waals surface area contributed by atoms with Crippen molar-refractivity contribution in [1.29, 1.82) is 0 Å². The van der Waals surface area contributed by atoms with E-state index in [-0.39, 0.29) is 0 Å². The molecule has 104 valence electrons. The second kappa shape index (κ2) is 5.85. The summed E-state index contributed by atoms with van der Waals surface area (Å²) >= 11 is 5.25. The molecule has 2 aromatic carbocycles. The third kappa shape index (κ3) is 2.98. The number of rotatable bonds is 3. The Morgan fingerprint density at radius 3 is 2.71 bits per heavy atom. The van der Waals surface area contributed by atoms with Crippen LogP contribution in [0.15, 0.2) is 59.7 Å². The first-order chi connectivity index (χ1) is 10.2. The normalized spacial score (nSPS) is 11.1. The zero-order valence-corrected chi connectivity index (χ0v) is 12.3. The van der Waals surface area contributed by atoms with E-state index in [0.29, 0.717) is 10.6 Å². The Hall–Kier alpha value is -2.53. The topological polar surface area (TPSA) is 46.0 Å². The molecule has 0 aliphatic heterocycles. The summed E-state index contributed by atoms with van der Waals surface area (Å²) in [5, 5.41) is 11.5. The molecule has 0 amide bonds. The van der Waals surface area contributed by atoms with Gasteiger partial charge in [0.2, 0.25) is 4.77 Å². The minimum Gasteiger partial charge on any atom is -0.250 e. The molecule has 21 heavy (non-hydrogen) atoms. The molecule has 0 aliphatic carbocycles. The van der Waals surface area contributed by atoms with E-state index in [1.54, 1.807) is 10.9 Å². The molecule has 0 fully saturated rings. The number of aromatic nitrogens is 3. The molecule has 3 aromatic rings. The zero-order valence-electron chi connectivity index (χ0n) is 11.5. The fraction of sp³-hybridized carbons (Fsp3) is 0.0625. The number of aryl methyl sites for hydroxylation is 1. The average Bonchev–Trinajstić information content (AvgIpc) is 2.87. The molecule has 0 atom stereocenters. The van der Waals surface area contributed by atoms with Crippen LogP contribution in [0.25, 0.3) is 11.4 Å². The molecule has 0 saturated carbocycles. The molecule has 1 N–H and O–H groups in total. The number of hydrogen-bond donors (Lipinski definition) is 1. The Bertz CT molecular complexity index is 831. The van der Waals surface area contributed by atoms with Crippen molar-refractivity contribution >= 4 is 18.4 Å². The Morgan fingerprint density at radius 2 is 1.95 bits per heavy atom. The third-order valence-electron chi connectivity index (χ3n) is 3.05. The molecule has 0 unspecified atom stereocenters. The van der Waals surface area contributed by atoms with Crippen LogP contribution in [0.3, 0.4) is 0 Å². The molecule has 1 heterocycles. The second-order valence-electron chi connectivity index (χ2n) is 4.69. The number of hydrogen-bond acceptors (Lipinski definition) is 3. The summed E-state index contributed by atoms with van der Waals surface area (Å²) in [6.45, 7) is 2.04. The lowest BCUT2D eigenvalue weighted by Gasteiger charge is -2.02. The molecule has 0 spiro atoms. The van der Waals surface area contributed by atoms with Crippen LogP contribution in [0.4, 0.5) is 0 Å². The van der Waals surface area contributed by atoms with Gasteiger partial charge in [-0.2, -0.15) is 14.9 Å². The van der Waals surface area contributed by atoms with Gasteiger partial charge in [0.15, 0.2) is 5.82 Å². The molecule has 5 heteroatoms. The largest absolute Gasteiger partial charge is 0.250 e. The van der Waals surface area contributed by atoms with Gasteiger partial charge in [0.05, 0.1) is 6.21 Å². The van der Waals surface area contributed by atoms with Crippen molar-refractivity contribution < 1.29 is 0 Å². The Labute approximate surface area is 127 Å². The lowest BCUT2D eigenvalue weighted by atomic mass is 10.1. The van der Waals surface area contributed by atoms with Crippen LogP contribution in [0, 0.1) is 11.7 Å². The third-order valence-corrected chi connectivity index (χ3v) is 3.31. The Kier molecular flexibility index (Phi) is 3.75. The molecular formula is C16H14N4S. The predicted molar refractivity (Wildman–Crippen MR) is 87.0 cm³/mol. The SMILES string of the molecule is Cc1cccc(-c2n[nH]c(=S)n2/N=C\c2ccccc2)c1. The van der Waals surface area contributed by atoms with Crippen molar-refractivity contribution in [3.8, 4) is 11.4 Å². The van der Waals surface area contributed by atoms with E-state index >= 15 is 0 Å². The number of nitrogens with zero attached hydrogens (tertiary/aromatic N) is 3.